The topological polar surface area (TPSA) is 12.5 Å². The number of ether oxygens (including phenoxy) is 1. The quantitative estimate of drug-likeness (QED) is 0.405. The van der Waals surface area contributed by atoms with Gasteiger partial charge in [0.2, 0.25) is 0 Å². The molecular formula is C8H15F5NO+. The predicted molar refractivity (Wildman–Crippen MR) is 44.7 cm³/mol. The lowest BCUT2D eigenvalue weighted by Gasteiger charge is -2.22. The van der Waals surface area contributed by atoms with Gasteiger partial charge in [-0.25, -0.2) is 8.78 Å². The van der Waals surface area contributed by atoms with Gasteiger partial charge in [-0.2, -0.15) is 13.2 Å². The molecule has 7 heteroatoms. The van der Waals surface area contributed by atoms with Gasteiger partial charge in [0.25, 0.3) is 0 Å². The van der Waals surface area contributed by atoms with Gasteiger partial charge in [0.15, 0.2) is 0 Å². The van der Waals surface area contributed by atoms with E-state index in [9.17, 15) is 22.0 Å². The van der Waals surface area contributed by atoms with E-state index in [0.717, 1.165) is 17.6 Å². The molecular weight excluding hydrogens is 221 g/mol. The molecule has 0 radical (unpaired) electrons. The number of rotatable bonds is 2. The van der Waals surface area contributed by atoms with Gasteiger partial charge in [0.1, 0.15) is 12.6 Å². The molecule has 1 heterocycles. The summed E-state index contributed by atoms with van der Waals surface area (Å²) in [6.07, 6.45) is -8.97. The number of quaternary nitrogens is 1. The lowest BCUT2D eigenvalue weighted by atomic mass is 10.4. The van der Waals surface area contributed by atoms with Gasteiger partial charge in [0, 0.05) is 0 Å². The summed E-state index contributed by atoms with van der Waals surface area (Å²) >= 11 is 0. The van der Waals surface area contributed by atoms with E-state index in [1.165, 1.54) is 0 Å². The minimum Gasteiger partial charge on any atom is -0.367 e. The smallest absolute Gasteiger partial charge is 0.367 e. The zero-order valence-corrected chi connectivity index (χ0v) is 8.81. The van der Waals surface area contributed by atoms with Crippen molar-refractivity contribution in [2.45, 2.75) is 18.7 Å². The fourth-order valence-electron chi connectivity index (χ4n) is 0.784. The Hall–Kier alpha value is -0.430. The normalized spacial score (nSPS) is 21.0. The average Bonchev–Trinajstić information content (AvgIpc) is 2.66. The summed E-state index contributed by atoms with van der Waals surface area (Å²) < 4.78 is 58.2. The van der Waals surface area contributed by atoms with Gasteiger partial charge >= 0.3 is 12.6 Å². The molecule has 0 amide bonds. The fraction of sp³-hybridized carbons (Fsp3) is 1.00. The highest BCUT2D eigenvalue weighted by molar-refractivity contribution is 4.66. The number of nitrogens with zero attached hydrogens (tertiary/aromatic N) is 1. The molecule has 15 heavy (non-hydrogen) atoms. The molecule has 92 valence electrons. The van der Waals surface area contributed by atoms with Gasteiger partial charge in [-0.15, -0.1) is 0 Å². The molecule has 1 saturated heterocycles. The van der Waals surface area contributed by atoms with Crippen molar-refractivity contribution in [2.75, 3.05) is 34.3 Å². The van der Waals surface area contributed by atoms with E-state index in [2.05, 4.69) is 21.1 Å². The van der Waals surface area contributed by atoms with E-state index in [-0.39, 0.29) is 0 Å². The lowest BCUT2D eigenvalue weighted by Crippen LogP contribution is -2.37. The highest BCUT2D eigenvalue weighted by Crippen LogP contribution is 2.22. The van der Waals surface area contributed by atoms with Crippen LogP contribution in [0.3, 0.4) is 0 Å². The predicted octanol–water partition coefficient (Wildman–Crippen LogP) is 1.91. The minimum absolute atomic E-state index is 0.565. The van der Waals surface area contributed by atoms with Crippen LogP contribution in [0.1, 0.15) is 0 Å². The molecule has 1 rings (SSSR count). The molecule has 1 fully saturated rings. The Morgan fingerprint density at radius 3 is 1.67 bits per heavy atom. The van der Waals surface area contributed by atoms with Crippen LogP contribution in [-0.2, 0) is 4.74 Å². The molecule has 0 saturated carbocycles. The van der Waals surface area contributed by atoms with E-state index in [1.54, 1.807) is 0 Å². The van der Waals surface area contributed by atoms with Crippen LogP contribution in [0.25, 0.3) is 0 Å². The molecule has 2 nitrogen and oxygen atoms in total. The summed E-state index contributed by atoms with van der Waals surface area (Å²) in [4.78, 5) is 0. The van der Waals surface area contributed by atoms with Crippen molar-refractivity contribution < 1.29 is 31.2 Å². The van der Waals surface area contributed by atoms with Crippen molar-refractivity contribution in [3.8, 4) is 0 Å². The molecule has 0 aromatic carbocycles. The lowest BCUT2D eigenvalue weighted by molar-refractivity contribution is -0.870. The average molecular weight is 236 g/mol. The van der Waals surface area contributed by atoms with Crippen LogP contribution in [0, 0.1) is 0 Å². The number of alkyl halides is 5. The summed E-state index contributed by atoms with van der Waals surface area (Å²) in [7, 11) is 6.55. The standard InChI is InChI=1S/C6H14NO.C2HF5/c1-7(2,3)4-6-5-8-6;3-1(4)2(5,6)7/h6H,4-5H2,1-3H3;1H/q+1;. The first kappa shape index (κ1) is 14.6. The third-order valence-corrected chi connectivity index (χ3v) is 1.40. The Bertz CT molecular complexity index is 182. The molecule has 0 spiro atoms. The number of likely N-dealkylation sites (N-methyl/N-ethyl adjacent to an activating group) is 1. The second kappa shape index (κ2) is 5.07. The molecule has 1 aliphatic heterocycles. The molecule has 0 aromatic rings. The van der Waals surface area contributed by atoms with E-state index in [1.807, 2.05) is 0 Å². The maximum atomic E-state index is 10.4. The van der Waals surface area contributed by atoms with E-state index < -0.39 is 12.6 Å². The van der Waals surface area contributed by atoms with Crippen molar-refractivity contribution in [3.05, 3.63) is 0 Å². The molecule has 1 atom stereocenters. The van der Waals surface area contributed by atoms with Crippen LogP contribution in [-0.4, -0.2) is 57.5 Å². The zero-order chi connectivity index (χ0) is 12.3. The highest BCUT2D eigenvalue weighted by Gasteiger charge is 2.40. The van der Waals surface area contributed by atoms with Gasteiger partial charge in [-0.1, -0.05) is 0 Å². The summed E-state index contributed by atoms with van der Waals surface area (Å²) in [5.41, 5.74) is 0. The Morgan fingerprint density at radius 2 is 1.60 bits per heavy atom. The van der Waals surface area contributed by atoms with Crippen LogP contribution in [0.4, 0.5) is 22.0 Å². The Balaban J connectivity index is 0.000000265. The zero-order valence-electron chi connectivity index (χ0n) is 8.81. The summed E-state index contributed by atoms with van der Waals surface area (Å²) in [6.45, 7) is 2.13. The highest BCUT2D eigenvalue weighted by atomic mass is 19.4. The molecule has 1 aliphatic rings. The number of halogens is 5. The van der Waals surface area contributed by atoms with Crippen LogP contribution in [0.15, 0.2) is 0 Å². The molecule has 0 aliphatic carbocycles. The summed E-state index contributed by atoms with van der Waals surface area (Å²) in [5, 5.41) is 0. The molecule has 0 N–H and O–H groups in total. The van der Waals surface area contributed by atoms with Crippen LogP contribution in [0.5, 0.6) is 0 Å². The number of hydrogen-bond acceptors (Lipinski definition) is 1. The number of hydrogen-bond donors (Lipinski definition) is 0. The van der Waals surface area contributed by atoms with Crippen molar-refractivity contribution >= 4 is 0 Å². The van der Waals surface area contributed by atoms with E-state index >= 15 is 0 Å². The fourth-order valence-corrected chi connectivity index (χ4v) is 0.784. The Morgan fingerprint density at radius 1 is 1.27 bits per heavy atom. The SMILES string of the molecule is C[N+](C)(C)CC1CO1.FC(F)C(F)(F)F. The van der Waals surface area contributed by atoms with E-state index in [4.69, 9.17) is 4.74 Å². The minimum atomic E-state index is -5.33. The second-order valence-corrected chi connectivity index (χ2v) is 4.27. The maximum absolute atomic E-state index is 10.4. The van der Waals surface area contributed by atoms with Crippen LogP contribution < -0.4 is 0 Å². The van der Waals surface area contributed by atoms with Gasteiger partial charge < -0.3 is 9.22 Å². The first-order valence-electron chi connectivity index (χ1n) is 4.29. The Kier molecular flexibility index (Phi) is 4.92. The van der Waals surface area contributed by atoms with Crippen molar-refractivity contribution in [2.24, 2.45) is 0 Å². The molecule has 0 bridgehead atoms. The maximum Gasteiger partial charge on any atom is 0.450 e. The van der Waals surface area contributed by atoms with Crippen molar-refractivity contribution in [3.63, 3.8) is 0 Å². The molecule has 0 aromatic heterocycles. The van der Waals surface area contributed by atoms with Crippen LogP contribution in [0.2, 0.25) is 0 Å². The van der Waals surface area contributed by atoms with Gasteiger partial charge in [0.05, 0.1) is 27.7 Å². The van der Waals surface area contributed by atoms with E-state index in [0.29, 0.717) is 6.10 Å². The van der Waals surface area contributed by atoms with Crippen molar-refractivity contribution in [1.82, 2.24) is 0 Å². The summed E-state index contributed by atoms with van der Waals surface area (Å²) in [5.74, 6) is 0. The summed E-state index contributed by atoms with van der Waals surface area (Å²) in [6, 6.07) is 0. The Labute approximate surface area is 85.2 Å². The van der Waals surface area contributed by atoms with Gasteiger partial charge in [-0.05, 0) is 0 Å². The third kappa shape index (κ3) is 9.86. The van der Waals surface area contributed by atoms with Crippen LogP contribution >= 0.6 is 0 Å². The largest absolute Gasteiger partial charge is 0.450 e. The van der Waals surface area contributed by atoms with Crippen molar-refractivity contribution in [1.29, 1.82) is 0 Å². The molecule has 1 unspecified atom stereocenters. The third-order valence-electron chi connectivity index (χ3n) is 1.40. The first-order chi connectivity index (χ1) is 6.52. The first-order valence-corrected chi connectivity index (χ1v) is 4.29. The van der Waals surface area contributed by atoms with Gasteiger partial charge in [-0.3, -0.25) is 0 Å². The second-order valence-electron chi connectivity index (χ2n) is 4.27. The number of epoxide rings is 1. The monoisotopic (exact) mass is 236 g/mol.